The van der Waals surface area contributed by atoms with Crippen molar-refractivity contribution in [1.82, 2.24) is 14.8 Å². The fourth-order valence-corrected chi connectivity index (χ4v) is 3.93. The zero-order valence-corrected chi connectivity index (χ0v) is 14.6. The second-order valence-electron chi connectivity index (χ2n) is 4.78. The van der Waals surface area contributed by atoms with Crippen molar-refractivity contribution < 1.29 is 16.8 Å². The van der Waals surface area contributed by atoms with Crippen LogP contribution in [0.4, 0.5) is 0 Å². The summed E-state index contributed by atoms with van der Waals surface area (Å²) >= 11 is 0. The van der Waals surface area contributed by atoms with E-state index in [4.69, 9.17) is 0 Å². The van der Waals surface area contributed by atoms with Crippen molar-refractivity contribution in [1.29, 1.82) is 0 Å². The molecule has 0 radical (unpaired) electrons. The Hall–Kier alpha value is -1.00. The number of nitrogens with one attached hydrogen (secondary N) is 3. The molecule has 0 spiro atoms. The van der Waals surface area contributed by atoms with Crippen LogP contribution >= 0.6 is 0 Å². The SMILES string of the molecule is CCCNCCNS(=O)(=O)c1ccc(S(=O)(=O)NC)c(C)c1. The van der Waals surface area contributed by atoms with Gasteiger partial charge in [0.2, 0.25) is 20.0 Å². The zero-order valence-electron chi connectivity index (χ0n) is 13.0. The minimum Gasteiger partial charge on any atom is -0.315 e. The minimum atomic E-state index is -3.64. The summed E-state index contributed by atoms with van der Waals surface area (Å²) in [6.45, 7) is 5.24. The van der Waals surface area contributed by atoms with Crippen LogP contribution in [0.15, 0.2) is 28.0 Å². The van der Waals surface area contributed by atoms with Gasteiger partial charge in [0.25, 0.3) is 0 Å². The number of hydrogen-bond acceptors (Lipinski definition) is 5. The predicted molar refractivity (Wildman–Crippen MR) is 85.8 cm³/mol. The summed E-state index contributed by atoms with van der Waals surface area (Å²) in [4.78, 5) is 0.120. The van der Waals surface area contributed by atoms with Gasteiger partial charge in [0.05, 0.1) is 9.79 Å². The lowest BCUT2D eigenvalue weighted by molar-refractivity contribution is 0.574. The van der Waals surface area contributed by atoms with Crippen LogP contribution in [-0.4, -0.2) is 43.5 Å². The monoisotopic (exact) mass is 349 g/mol. The lowest BCUT2D eigenvalue weighted by Crippen LogP contribution is -2.32. The zero-order chi connectivity index (χ0) is 16.8. The maximum Gasteiger partial charge on any atom is 0.240 e. The highest BCUT2D eigenvalue weighted by atomic mass is 32.2. The first-order valence-corrected chi connectivity index (χ1v) is 9.96. The molecule has 1 aromatic carbocycles. The van der Waals surface area contributed by atoms with Gasteiger partial charge in [-0.1, -0.05) is 6.92 Å². The maximum absolute atomic E-state index is 12.1. The van der Waals surface area contributed by atoms with E-state index in [1.807, 2.05) is 6.92 Å². The predicted octanol–water partition coefficient (Wildman–Crippen LogP) is 0.181. The molecule has 0 aliphatic carbocycles. The average Bonchev–Trinajstić information content (AvgIpc) is 2.46. The molecule has 0 saturated carbocycles. The maximum atomic E-state index is 12.1. The van der Waals surface area contributed by atoms with Gasteiger partial charge in [0.1, 0.15) is 0 Å². The summed E-state index contributed by atoms with van der Waals surface area (Å²) in [5.41, 5.74) is 0.376. The molecular weight excluding hydrogens is 326 g/mol. The molecule has 22 heavy (non-hydrogen) atoms. The van der Waals surface area contributed by atoms with Gasteiger partial charge >= 0.3 is 0 Å². The first-order valence-electron chi connectivity index (χ1n) is 6.99. The summed E-state index contributed by atoms with van der Waals surface area (Å²) in [7, 11) is -5.93. The molecule has 0 heterocycles. The van der Waals surface area contributed by atoms with E-state index in [0.29, 0.717) is 12.1 Å². The smallest absolute Gasteiger partial charge is 0.240 e. The van der Waals surface area contributed by atoms with Gasteiger partial charge in [0.15, 0.2) is 0 Å². The van der Waals surface area contributed by atoms with Gasteiger partial charge in [-0.05, 0) is 50.7 Å². The van der Waals surface area contributed by atoms with Crippen molar-refractivity contribution >= 4 is 20.0 Å². The van der Waals surface area contributed by atoms with E-state index in [0.717, 1.165) is 13.0 Å². The summed E-state index contributed by atoms with van der Waals surface area (Å²) in [6, 6.07) is 3.94. The van der Waals surface area contributed by atoms with Crippen molar-refractivity contribution in [3.8, 4) is 0 Å². The van der Waals surface area contributed by atoms with E-state index in [2.05, 4.69) is 14.8 Å². The molecule has 0 unspecified atom stereocenters. The van der Waals surface area contributed by atoms with Crippen molar-refractivity contribution in [3.05, 3.63) is 23.8 Å². The van der Waals surface area contributed by atoms with Crippen LogP contribution in [0.2, 0.25) is 0 Å². The fraction of sp³-hybridized carbons (Fsp3) is 0.538. The largest absolute Gasteiger partial charge is 0.315 e. The van der Waals surface area contributed by atoms with Crippen molar-refractivity contribution in [3.63, 3.8) is 0 Å². The molecule has 0 amide bonds. The summed E-state index contributed by atoms with van der Waals surface area (Å²) < 4.78 is 52.5. The highest BCUT2D eigenvalue weighted by Gasteiger charge is 2.19. The number of aryl methyl sites for hydroxylation is 1. The molecule has 1 aromatic rings. The molecule has 0 atom stereocenters. The van der Waals surface area contributed by atoms with E-state index in [-0.39, 0.29) is 16.3 Å². The van der Waals surface area contributed by atoms with E-state index in [1.165, 1.54) is 25.2 Å². The third kappa shape index (κ3) is 5.03. The quantitative estimate of drug-likeness (QED) is 0.552. The molecule has 0 saturated heterocycles. The number of sulfonamides is 2. The van der Waals surface area contributed by atoms with Crippen LogP contribution in [0.5, 0.6) is 0 Å². The van der Waals surface area contributed by atoms with Crippen molar-refractivity contribution in [2.24, 2.45) is 0 Å². The Morgan fingerprint density at radius 1 is 1.00 bits per heavy atom. The van der Waals surface area contributed by atoms with E-state index < -0.39 is 20.0 Å². The van der Waals surface area contributed by atoms with E-state index in [9.17, 15) is 16.8 Å². The van der Waals surface area contributed by atoms with E-state index in [1.54, 1.807) is 6.92 Å². The molecular formula is C13H23N3O4S2. The van der Waals surface area contributed by atoms with Gasteiger partial charge < -0.3 is 5.32 Å². The highest BCUT2D eigenvalue weighted by Crippen LogP contribution is 2.19. The number of hydrogen-bond donors (Lipinski definition) is 3. The molecule has 0 bridgehead atoms. The average molecular weight is 349 g/mol. The lowest BCUT2D eigenvalue weighted by Gasteiger charge is -2.10. The highest BCUT2D eigenvalue weighted by molar-refractivity contribution is 7.90. The topological polar surface area (TPSA) is 104 Å². The summed E-state index contributed by atoms with van der Waals surface area (Å²) in [6.07, 6.45) is 0.980. The molecule has 0 aliphatic heterocycles. The standard InChI is InChI=1S/C13H23N3O4S2/c1-4-7-15-8-9-16-21(17,18)12-5-6-13(11(2)10-12)22(19,20)14-3/h5-6,10,14-16H,4,7-9H2,1-3H3. The molecule has 0 aliphatic rings. The third-order valence-electron chi connectivity index (χ3n) is 3.04. The molecule has 3 N–H and O–H groups in total. The van der Waals surface area contributed by atoms with Crippen LogP contribution in [0.3, 0.4) is 0 Å². The summed E-state index contributed by atoms with van der Waals surface area (Å²) in [5, 5.41) is 3.09. The summed E-state index contributed by atoms with van der Waals surface area (Å²) in [5.74, 6) is 0. The number of rotatable bonds is 9. The van der Waals surface area contributed by atoms with Gasteiger partial charge in [-0.25, -0.2) is 26.3 Å². The van der Waals surface area contributed by atoms with Gasteiger partial charge in [-0.3, -0.25) is 0 Å². The van der Waals surface area contributed by atoms with Crippen LogP contribution in [0, 0.1) is 6.92 Å². The van der Waals surface area contributed by atoms with Crippen LogP contribution < -0.4 is 14.8 Å². The first kappa shape index (κ1) is 19.0. The minimum absolute atomic E-state index is 0.0514. The van der Waals surface area contributed by atoms with Gasteiger partial charge in [0, 0.05) is 13.1 Å². The van der Waals surface area contributed by atoms with Gasteiger partial charge in [-0.2, -0.15) is 0 Å². The molecule has 1 rings (SSSR count). The molecule has 126 valence electrons. The Bertz CT molecular complexity index is 700. The van der Waals surface area contributed by atoms with Crippen LogP contribution in [-0.2, 0) is 20.0 Å². The molecule has 0 fully saturated rings. The van der Waals surface area contributed by atoms with Crippen molar-refractivity contribution in [2.75, 3.05) is 26.7 Å². The van der Waals surface area contributed by atoms with Crippen LogP contribution in [0.25, 0.3) is 0 Å². The fourth-order valence-electron chi connectivity index (χ4n) is 1.86. The lowest BCUT2D eigenvalue weighted by atomic mass is 10.2. The Morgan fingerprint density at radius 3 is 2.23 bits per heavy atom. The van der Waals surface area contributed by atoms with Gasteiger partial charge in [-0.15, -0.1) is 0 Å². The Balaban J connectivity index is 2.87. The van der Waals surface area contributed by atoms with Crippen LogP contribution in [0.1, 0.15) is 18.9 Å². The third-order valence-corrected chi connectivity index (χ3v) is 6.07. The number of benzene rings is 1. The molecule has 0 aromatic heterocycles. The normalized spacial score (nSPS) is 12.5. The Kier molecular flexibility index (Phi) is 6.95. The second-order valence-corrected chi connectivity index (χ2v) is 8.40. The Labute approximate surface area is 132 Å². The Morgan fingerprint density at radius 2 is 1.68 bits per heavy atom. The molecule has 7 nitrogen and oxygen atoms in total. The van der Waals surface area contributed by atoms with E-state index >= 15 is 0 Å². The first-order chi connectivity index (χ1) is 10.2. The second kappa shape index (κ2) is 8.02. The van der Waals surface area contributed by atoms with Crippen molar-refractivity contribution in [2.45, 2.75) is 30.1 Å². The molecule has 9 heteroatoms.